The topological polar surface area (TPSA) is 34.9 Å². The zero-order chi connectivity index (χ0) is 13.1. The Balaban J connectivity index is 2.37. The molecule has 18 heavy (non-hydrogen) atoms. The van der Waals surface area contributed by atoms with Gasteiger partial charge in [0.2, 0.25) is 0 Å². The molecule has 5 heteroatoms. The van der Waals surface area contributed by atoms with Gasteiger partial charge in [-0.15, -0.1) is 11.6 Å². The molecule has 1 atom stereocenters. The molecule has 1 unspecified atom stereocenters. The number of nitrogens with zero attached hydrogens (tertiary/aromatic N) is 2. The van der Waals surface area contributed by atoms with Crippen LogP contribution in [0, 0.1) is 6.92 Å². The van der Waals surface area contributed by atoms with E-state index >= 15 is 0 Å². The van der Waals surface area contributed by atoms with Crippen LogP contribution in [-0.4, -0.2) is 25.8 Å². The van der Waals surface area contributed by atoms with Gasteiger partial charge in [0.05, 0.1) is 16.9 Å². The Bertz CT molecular complexity index is 580. The van der Waals surface area contributed by atoms with E-state index in [4.69, 9.17) is 11.6 Å². The zero-order valence-corrected chi connectivity index (χ0v) is 12.2. The van der Waals surface area contributed by atoms with Crippen molar-refractivity contribution in [1.82, 2.24) is 9.55 Å². The van der Waals surface area contributed by atoms with Crippen molar-refractivity contribution < 1.29 is 4.21 Å². The first kappa shape index (κ1) is 13.6. The molecule has 2 aromatic rings. The monoisotopic (exact) mass is 284 g/mol. The number of fused-ring (bicyclic) bond motifs is 1. The molecular formula is C13H17ClN2OS. The van der Waals surface area contributed by atoms with Crippen LogP contribution < -0.4 is 0 Å². The van der Waals surface area contributed by atoms with Crippen molar-refractivity contribution >= 4 is 33.4 Å². The third-order valence-corrected chi connectivity index (χ3v) is 4.08. The van der Waals surface area contributed by atoms with Crippen molar-refractivity contribution in [1.29, 1.82) is 0 Å². The highest BCUT2D eigenvalue weighted by Crippen LogP contribution is 2.21. The highest BCUT2D eigenvalue weighted by Gasteiger charge is 2.11. The van der Waals surface area contributed by atoms with Crippen molar-refractivity contribution in [3.05, 3.63) is 29.6 Å². The molecule has 0 fully saturated rings. The minimum atomic E-state index is -0.741. The summed E-state index contributed by atoms with van der Waals surface area (Å²) in [6, 6.07) is 6.09. The Hall–Kier alpha value is -0.870. The van der Waals surface area contributed by atoms with Crippen molar-refractivity contribution in [2.75, 3.05) is 12.0 Å². The van der Waals surface area contributed by atoms with Gasteiger partial charge in [-0.3, -0.25) is 4.21 Å². The van der Waals surface area contributed by atoms with Gasteiger partial charge in [0.1, 0.15) is 5.82 Å². The van der Waals surface area contributed by atoms with Gasteiger partial charge in [-0.25, -0.2) is 4.98 Å². The van der Waals surface area contributed by atoms with Crippen molar-refractivity contribution in [3.63, 3.8) is 0 Å². The van der Waals surface area contributed by atoms with Crippen LogP contribution in [0.25, 0.3) is 11.0 Å². The number of rotatable bonds is 5. The number of hydrogen-bond acceptors (Lipinski definition) is 2. The van der Waals surface area contributed by atoms with Crippen LogP contribution >= 0.6 is 11.6 Å². The van der Waals surface area contributed by atoms with Gasteiger partial charge in [-0.2, -0.15) is 0 Å². The van der Waals surface area contributed by atoms with E-state index in [-0.39, 0.29) is 0 Å². The Kier molecular flexibility index (Phi) is 4.40. The lowest BCUT2D eigenvalue weighted by Crippen LogP contribution is -2.06. The number of para-hydroxylation sites is 1. The van der Waals surface area contributed by atoms with E-state index < -0.39 is 10.8 Å². The number of alkyl halides is 1. The highest BCUT2D eigenvalue weighted by atomic mass is 35.5. The van der Waals surface area contributed by atoms with E-state index in [9.17, 15) is 4.21 Å². The molecule has 98 valence electrons. The van der Waals surface area contributed by atoms with Crippen LogP contribution in [0.4, 0.5) is 0 Å². The summed E-state index contributed by atoms with van der Waals surface area (Å²) in [6.07, 6.45) is 2.62. The second kappa shape index (κ2) is 5.85. The SMILES string of the molecule is Cc1cccc2nc(CCl)n(CCCS(C)=O)c12. The number of halogens is 1. The molecule has 0 saturated carbocycles. The third kappa shape index (κ3) is 2.75. The fourth-order valence-corrected chi connectivity index (χ4v) is 2.92. The summed E-state index contributed by atoms with van der Waals surface area (Å²) in [5.74, 6) is 2.01. The Morgan fingerprint density at radius 3 is 2.89 bits per heavy atom. The summed E-state index contributed by atoms with van der Waals surface area (Å²) >= 11 is 5.95. The molecule has 1 aromatic heterocycles. The van der Waals surface area contributed by atoms with Crippen LogP contribution in [0.1, 0.15) is 17.8 Å². The van der Waals surface area contributed by atoms with Gasteiger partial charge in [-0.1, -0.05) is 12.1 Å². The van der Waals surface area contributed by atoms with Crippen molar-refractivity contribution in [2.45, 2.75) is 25.8 Å². The predicted octanol–water partition coefficient (Wildman–Crippen LogP) is 2.85. The molecule has 0 aliphatic rings. The molecule has 0 aliphatic heterocycles. The Labute approximate surface area is 115 Å². The maximum atomic E-state index is 11.1. The first-order valence-corrected chi connectivity index (χ1v) is 8.20. The minimum absolute atomic E-state index is 0.406. The molecule has 0 spiro atoms. The molecule has 0 amide bonds. The van der Waals surface area contributed by atoms with E-state index in [2.05, 4.69) is 22.5 Å². The summed E-state index contributed by atoms with van der Waals surface area (Å²) in [4.78, 5) is 4.54. The fraction of sp³-hybridized carbons (Fsp3) is 0.462. The molecule has 1 aromatic carbocycles. The summed E-state index contributed by atoms with van der Waals surface area (Å²) in [7, 11) is -0.741. The van der Waals surface area contributed by atoms with Crippen LogP contribution in [0.15, 0.2) is 18.2 Å². The number of imidazole rings is 1. The standard InChI is InChI=1S/C13H17ClN2OS/c1-10-5-3-6-11-13(10)16(12(9-14)15-11)7-4-8-18(2)17/h3,5-6H,4,7-9H2,1-2H3. The van der Waals surface area contributed by atoms with Gasteiger partial charge in [-0.05, 0) is 25.0 Å². The van der Waals surface area contributed by atoms with Gasteiger partial charge in [0.15, 0.2) is 0 Å². The normalized spacial score (nSPS) is 13.1. The lowest BCUT2D eigenvalue weighted by atomic mass is 10.2. The fourth-order valence-electron chi connectivity index (χ4n) is 2.18. The van der Waals surface area contributed by atoms with Crippen LogP contribution in [-0.2, 0) is 23.2 Å². The van der Waals surface area contributed by atoms with Crippen molar-refractivity contribution in [3.8, 4) is 0 Å². The summed E-state index contributed by atoms with van der Waals surface area (Å²) in [5.41, 5.74) is 3.34. The first-order chi connectivity index (χ1) is 8.63. The largest absolute Gasteiger partial charge is 0.327 e. The molecule has 2 rings (SSSR count). The third-order valence-electron chi connectivity index (χ3n) is 2.98. The van der Waals surface area contributed by atoms with Gasteiger partial charge in [0, 0.05) is 29.4 Å². The average molecular weight is 285 g/mol. The average Bonchev–Trinajstić information content (AvgIpc) is 2.68. The smallest absolute Gasteiger partial charge is 0.124 e. The number of aryl methyl sites for hydroxylation is 2. The maximum absolute atomic E-state index is 11.1. The van der Waals surface area contributed by atoms with E-state index in [1.807, 2.05) is 12.1 Å². The number of aromatic nitrogens is 2. The quantitative estimate of drug-likeness (QED) is 0.792. The molecule has 0 N–H and O–H groups in total. The highest BCUT2D eigenvalue weighted by molar-refractivity contribution is 7.84. The minimum Gasteiger partial charge on any atom is -0.327 e. The summed E-state index contributed by atoms with van der Waals surface area (Å²) < 4.78 is 13.3. The number of benzene rings is 1. The molecule has 0 radical (unpaired) electrons. The van der Waals surface area contributed by atoms with E-state index in [0.717, 1.165) is 29.8 Å². The maximum Gasteiger partial charge on any atom is 0.124 e. The van der Waals surface area contributed by atoms with E-state index in [1.165, 1.54) is 5.56 Å². The predicted molar refractivity (Wildman–Crippen MR) is 77.6 cm³/mol. The van der Waals surface area contributed by atoms with E-state index in [1.54, 1.807) is 6.26 Å². The molecule has 1 heterocycles. The molecular weight excluding hydrogens is 268 g/mol. The van der Waals surface area contributed by atoms with Crippen molar-refractivity contribution in [2.24, 2.45) is 0 Å². The van der Waals surface area contributed by atoms with Gasteiger partial charge < -0.3 is 4.57 Å². The first-order valence-electron chi connectivity index (χ1n) is 5.94. The second-order valence-electron chi connectivity index (χ2n) is 4.39. The lowest BCUT2D eigenvalue weighted by Gasteiger charge is -2.08. The van der Waals surface area contributed by atoms with Crippen LogP contribution in [0.5, 0.6) is 0 Å². The van der Waals surface area contributed by atoms with Crippen LogP contribution in [0.2, 0.25) is 0 Å². The van der Waals surface area contributed by atoms with E-state index in [0.29, 0.717) is 11.6 Å². The zero-order valence-electron chi connectivity index (χ0n) is 10.6. The summed E-state index contributed by atoms with van der Waals surface area (Å²) in [6.45, 7) is 2.90. The van der Waals surface area contributed by atoms with Gasteiger partial charge in [0.25, 0.3) is 0 Å². The lowest BCUT2D eigenvalue weighted by molar-refractivity contribution is 0.656. The Morgan fingerprint density at radius 2 is 2.22 bits per heavy atom. The molecule has 0 aliphatic carbocycles. The van der Waals surface area contributed by atoms with Gasteiger partial charge >= 0.3 is 0 Å². The summed E-state index contributed by atoms with van der Waals surface area (Å²) in [5, 5.41) is 0. The molecule has 3 nitrogen and oxygen atoms in total. The molecule has 0 saturated heterocycles. The molecule has 0 bridgehead atoms. The second-order valence-corrected chi connectivity index (χ2v) is 6.21. The van der Waals surface area contributed by atoms with Crippen LogP contribution in [0.3, 0.4) is 0 Å². The Morgan fingerprint density at radius 1 is 1.44 bits per heavy atom. The number of hydrogen-bond donors (Lipinski definition) is 0.